The maximum absolute atomic E-state index is 12.7. The number of nitrogens with zero attached hydrogens (tertiary/aromatic N) is 2. The summed E-state index contributed by atoms with van der Waals surface area (Å²) in [6, 6.07) is 8.25. The first-order valence-corrected chi connectivity index (χ1v) is 12.8. The van der Waals surface area contributed by atoms with E-state index in [9.17, 15) is 4.79 Å². The van der Waals surface area contributed by atoms with E-state index >= 15 is 0 Å². The fourth-order valence-corrected chi connectivity index (χ4v) is 4.78. The molecule has 1 heterocycles. The Bertz CT molecular complexity index is 793. The number of benzene rings is 1. The largest absolute Gasteiger partial charge is 0.490 e. The molecule has 0 bridgehead atoms. The summed E-state index contributed by atoms with van der Waals surface area (Å²) in [7, 11) is 0. The monoisotopic (exact) mass is 436 g/mol. The molecule has 2 aromatic rings. The van der Waals surface area contributed by atoms with Crippen LogP contribution in [0.25, 0.3) is 0 Å². The average molecular weight is 437 g/mol. The maximum atomic E-state index is 12.7. The first-order valence-electron chi connectivity index (χ1n) is 12.8. The molecule has 0 spiro atoms. The lowest BCUT2D eigenvalue weighted by Crippen LogP contribution is -2.13. The Balaban J connectivity index is 1.43. The van der Waals surface area contributed by atoms with Crippen molar-refractivity contribution in [2.75, 3.05) is 6.61 Å². The number of carbonyl (C=O) groups excluding carboxylic acids is 1. The van der Waals surface area contributed by atoms with Crippen LogP contribution in [0.15, 0.2) is 36.7 Å². The Hall–Kier alpha value is -2.23. The van der Waals surface area contributed by atoms with E-state index in [-0.39, 0.29) is 12.2 Å². The molecular formula is C28H40N2O2. The third-order valence-corrected chi connectivity index (χ3v) is 6.76. The molecule has 1 aliphatic rings. The van der Waals surface area contributed by atoms with Crippen LogP contribution in [0.3, 0.4) is 0 Å². The molecule has 0 N–H and O–H groups in total. The third-order valence-electron chi connectivity index (χ3n) is 6.76. The molecule has 1 saturated carbocycles. The van der Waals surface area contributed by atoms with E-state index < -0.39 is 0 Å². The highest BCUT2D eigenvalue weighted by Gasteiger charge is 2.22. The van der Waals surface area contributed by atoms with Gasteiger partial charge in [-0.1, -0.05) is 76.6 Å². The molecule has 3 rings (SSSR count). The molecule has 1 aromatic heterocycles. The Morgan fingerprint density at radius 3 is 2.25 bits per heavy atom. The van der Waals surface area contributed by atoms with Gasteiger partial charge in [0.15, 0.2) is 11.5 Å². The van der Waals surface area contributed by atoms with Gasteiger partial charge in [-0.05, 0) is 49.5 Å². The van der Waals surface area contributed by atoms with E-state index in [1.165, 1.54) is 69.8 Å². The van der Waals surface area contributed by atoms with Crippen molar-refractivity contribution in [3.05, 3.63) is 53.6 Å². The Kier molecular flexibility index (Phi) is 10.2. The lowest BCUT2D eigenvalue weighted by atomic mass is 9.77. The first-order chi connectivity index (χ1) is 15.7. The van der Waals surface area contributed by atoms with Crippen molar-refractivity contribution in [1.82, 2.24) is 9.97 Å². The molecule has 1 fully saturated rings. The molecule has 174 valence electrons. The zero-order chi connectivity index (χ0) is 22.6. The Morgan fingerprint density at radius 2 is 1.59 bits per heavy atom. The van der Waals surface area contributed by atoms with Crippen molar-refractivity contribution < 1.29 is 9.53 Å². The smallest absolute Gasteiger partial charge is 0.170 e. The van der Waals surface area contributed by atoms with Gasteiger partial charge in [-0.3, -0.25) is 4.79 Å². The minimum absolute atomic E-state index is 0.0628. The molecule has 1 aliphatic carbocycles. The van der Waals surface area contributed by atoms with E-state index in [4.69, 9.17) is 4.74 Å². The van der Waals surface area contributed by atoms with Gasteiger partial charge in [0.05, 0.1) is 25.4 Å². The summed E-state index contributed by atoms with van der Waals surface area (Å²) >= 11 is 0. The molecule has 4 heteroatoms. The number of hydrogen-bond donors (Lipinski definition) is 0. The quantitative estimate of drug-likeness (QED) is 0.244. The van der Waals surface area contributed by atoms with Gasteiger partial charge in [-0.15, -0.1) is 0 Å². The lowest BCUT2D eigenvalue weighted by Gasteiger charge is -2.28. The number of unbranched alkanes of at least 4 members (excludes halogenated alkanes) is 4. The summed E-state index contributed by atoms with van der Waals surface area (Å²) in [4.78, 5) is 21.3. The van der Waals surface area contributed by atoms with Gasteiger partial charge in [-0.25, -0.2) is 9.97 Å². The van der Waals surface area contributed by atoms with Crippen molar-refractivity contribution in [2.45, 2.75) is 96.8 Å². The Labute approximate surface area is 194 Å². The molecule has 0 unspecified atom stereocenters. The predicted molar refractivity (Wildman–Crippen MR) is 130 cm³/mol. The normalized spacial score (nSPS) is 18.4. The van der Waals surface area contributed by atoms with Gasteiger partial charge in [0.1, 0.15) is 5.82 Å². The van der Waals surface area contributed by atoms with Gasteiger partial charge in [0.25, 0.3) is 0 Å². The SMILES string of the molecule is CCCCCCCOc1cnc(CC(=O)c2ccc(C3CCC(CCC)CC3)cc2)nc1. The summed E-state index contributed by atoms with van der Waals surface area (Å²) in [6.45, 7) is 5.19. The fraction of sp³-hybridized carbons (Fsp3) is 0.607. The van der Waals surface area contributed by atoms with Gasteiger partial charge in [0.2, 0.25) is 0 Å². The summed E-state index contributed by atoms with van der Waals surface area (Å²) in [6.07, 6.45) is 17.5. The van der Waals surface area contributed by atoms with E-state index in [0.29, 0.717) is 24.1 Å². The van der Waals surface area contributed by atoms with E-state index in [1.54, 1.807) is 12.4 Å². The number of rotatable bonds is 13. The topological polar surface area (TPSA) is 52.1 Å². The summed E-state index contributed by atoms with van der Waals surface area (Å²) in [5.41, 5.74) is 2.12. The zero-order valence-corrected chi connectivity index (χ0v) is 20.0. The van der Waals surface area contributed by atoms with Crippen LogP contribution in [0.5, 0.6) is 5.75 Å². The molecular weight excluding hydrogens is 396 g/mol. The number of ketones is 1. The minimum atomic E-state index is 0.0628. The summed E-state index contributed by atoms with van der Waals surface area (Å²) in [5.74, 6) is 2.85. The van der Waals surface area contributed by atoms with Crippen molar-refractivity contribution in [3.8, 4) is 5.75 Å². The van der Waals surface area contributed by atoms with Gasteiger partial charge < -0.3 is 4.74 Å². The molecule has 1 aromatic carbocycles. The number of aromatic nitrogens is 2. The number of carbonyl (C=O) groups is 1. The van der Waals surface area contributed by atoms with Gasteiger partial charge >= 0.3 is 0 Å². The van der Waals surface area contributed by atoms with Gasteiger partial charge in [0, 0.05) is 5.56 Å². The van der Waals surface area contributed by atoms with Crippen molar-refractivity contribution in [1.29, 1.82) is 0 Å². The van der Waals surface area contributed by atoms with Crippen LogP contribution in [0.4, 0.5) is 0 Å². The zero-order valence-electron chi connectivity index (χ0n) is 20.0. The van der Waals surface area contributed by atoms with E-state index in [1.807, 2.05) is 12.1 Å². The molecule has 0 atom stereocenters. The van der Waals surface area contributed by atoms with Crippen molar-refractivity contribution in [2.24, 2.45) is 5.92 Å². The van der Waals surface area contributed by atoms with Crippen molar-refractivity contribution >= 4 is 5.78 Å². The van der Waals surface area contributed by atoms with E-state index in [2.05, 4.69) is 35.9 Å². The standard InChI is InChI=1S/C28H40N2O2/c1-3-5-6-7-8-18-32-26-20-29-28(30-21-26)19-27(31)25-16-14-24(15-17-25)23-12-10-22(9-4-2)11-13-23/h14-17,20-23H,3-13,18-19H2,1-2H3. The number of Topliss-reactive ketones (excluding diaryl/α,β-unsaturated/α-hetero) is 1. The highest BCUT2D eigenvalue weighted by Crippen LogP contribution is 2.37. The molecule has 0 saturated heterocycles. The second-order valence-corrected chi connectivity index (χ2v) is 9.33. The highest BCUT2D eigenvalue weighted by molar-refractivity contribution is 5.97. The van der Waals surface area contributed by atoms with Crippen molar-refractivity contribution in [3.63, 3.8) is 0 Å². The molecule has 0 radical (unpaired) electrons. The van der Waals surface area contributed by atoms with Crippen LogP contribution in [0, 0.1) is 5.92 Å². The lowest BCUT2D eigenvalue weighted by molar-refractivity contribution is 0.0990. The van der Waals surface area contributed by atoms with Gasteiger partial charge in [-0.2, -0.15) is 0 Å². The van der Waals surface area contributed by atoms with E-state index in [0.717, 1.165) is 17.9 Å². The molecule has 4 nitrogen and oxygen atoms in total. The molecule has 0 aliphatic heterocycles. The summed E-state index contributed by atoms with van der Waals surface area (Å²) < 4.78 is 5.71. The molecule has 0 amide bonds. The Morgan fingerprint density at radius 1 is 0.906 bits per heavy atom. The maximum Gasteiger partial charge on any atom is 0.170 e. The van der Waals surface area contributed by atoms with Crippen LogP contribution in [-0.4, -0.2) is 22.4 Å². The van der Waals surface area contributed by atoms with Crippen LogP contribution in [0.2, 0.25) is 0 Å². The number of hydrogen-bond acceptors (Lipinski definition) is 4. The van der Waals surface area contributed by atoms with Crippen LogP contribution in [-0.2, 0) is 6.42 Å². The van der Waals surface area contributed by atoms with Crippen LogP contribution >= 0.6 is 0 Å². The predicted octanol–water partition coefficient (Wildman–Crippen LogP) is 7.33. The van der Waals surface area contributed by atoms with Crippen LogP contribution < -0.4 is 4.74 Å². The highest BCUT2D eigenvalue weighted by atomic mass is 16.5. The molecule has 32 heavy (non-hydrogen) atoms. The fourth-order valence-electron chi connectivity index (χ4n) is 4.78. The number of ether oxygens (including phenoxy) is 1. The minimum Gasteiger partial charge on any atom is -0.490 e. The average Bonchev–Trinajstić information content (AvgIpc) is 2.83. The second kappa shape index (κ2) is 13.3. The van der Waals surface area contributed by atoms with Crippen LogP contribution in [0.1, 0.15) is 112 Å². The summed E-state index contributed by atoms with van der Waals surface area (Å²) in [5, 5.41) is 0. The first kappa shape index (κ1) is 24.4. The second-order valence-electron chi connectivity index (χ2n) is 9.33. The third kappa shape index (κ3) is 7.72.